The average Bonchev–Trinajstić information content (AvgIpc) is 3.02. The summed E-state index contributed by atoms with van der Waals surface area (Å²) in [6.45, 7) is 3.89. The summed E-state index contributed by atoms with van der Waals surface area (Å²) < 4.78 is 4.39. The average molecular weight is 334 g/mol. The minimum Gasteiger partial charge on any atom is -0.383 e. The molecule has 0 atom stereocenters. The van der Waals surface area contributed by atoms with E-state index in [1.54, 1.807) is 6.92 Å². The predicted molar refractivity (Wildman–Crippen MR) is 84.5 cm³/mol. The van der Waals surface area contributed by atoms with E-state index in [0.717, 1.165) is 5.56 Å². The first-order valence-electron chi connectivity index (χ1n) is 6.82. The number of nitrogens with one attached hydrogen (secondary N) is 2. The third-order valence-corrected chi connectivity index (χ3v) is 4.45. The van der Waals surface area contributed by atoms with Crippen molar-refractivity contribution < 1.29 is 9.32 Å². The molecule has 0 saturated heterocycles. The number of rotatable bonds is 4. The monoisotopic (exact) mass is 334 g/mol. The molecular weight excluding hydrogens is 320 g/mol. The highest BCUT2D eigenvalue weighted by atomic mass is 32.1. The van der Waals surface area contributed by atoms with Crippen molar-refractivity contribution in [3.05, 3.63) is 32.6 Å². The normalized spacial score (nSPS) is 11.0. The Morgan fingerprint density at radius 1 is 1.39 bits per heavy atom. The van der Waals surface area contributed by atoms with Crippen LogP contribution in [0.5, 0.6) is 0 Å². The summed E-state index contributed by atoms with van der Waals surface area (Å²) in [7, 11) is 0. The molecule has 4 N–H and O–H groups in total. The van der Waals surface area contributed by atoms with Gasteiger partial charge in [0.15, 0.2) is 5.82 Å². The third-order valence-electron chi connectivity index (χ3n) is 3.27. The molecule has 120 valence electrons. The van der Waals surface area contributed by atoms with Gasteiger partial charge in [-0.1, -0.05) is 5.16 Å². The summed E-state index contributed by atoms with van der Waals surface area (Å²) >= 11 is 1.28. The largest absolute Gasteiger partial charge is 0.438 e. The van der Waals surface area contributed by atoms with E-state index in [-0.39, 0.29) is 5.91 Å². The summed E-state index contributed by atoms with van der Waals surface area (Å²) in [5, 5.41) is 7.02. The van der Waals surface area contributed by atoms with Crippen LogP contribution in [0.3, 0.4) is 0 Å². The van der Waals surface area contributed by atoms with Crippen molar-refractivity contribution in [2.45, 2.75) is 20.3 Å². The number of nitrogens with zero attached hydrogens (tertiary/aromatic N) is 3. The molecule has 0 fully saturated rings. The number of hydrogen-bond acceptors (Lipinski definition) is 8. The number of fused-ring (bicyclic) bond motifs is 1. The summed E-state index contributed by atoms with van der Waals surface area (Å²) in [4.78, 5) is 35.2. The maximum atomic E-state index is 12.3. The van der Waals surface area contributed by atoms with Crippen LogP contribution in [0.4, 0.5) is 5.82 Å². The number of nitrogens with two attached hydrogens (primary N) is 1. The maximum absolute atomic E-state index is 12.3. The number of hydrogen-bond donors (Lipinski definition) is 3. The highest BCUT2D eigenvalue weighted by Crippen LogP contribution is 2.32. The second-order valence-corrected chi connectivity index (χ2v) is 5.94. The zero-order valence-corrected chi connectivity index (χ0v) is 13.3. The van der Waals surface area contributed by atoms with Crippen molar-refractivity contribution in [2.75, 3.05) is 12.3 Å². The molecule has 23 heavy (non-hydrogen) atoms. The van der Waals surface area contributed by atoms with Gasteiger partial charge in [-0.25, -0.2) is 14.8 Å². The first kappa shape index (κ1) is 15.2. The van der Waals surface area contributed by atoms with Gasteiger partial charge >= 0.3 is 5.76 Å². The Morgan fingerprint density at radius 3 is 2.87 bits per heavy atom. The number of carbonyl (C=O) groups is 1. The highest BCUT2D eigenvalue weighted by molar-refractivity contribution is 7.20. The SMILES string of the molecule is Cc1nc(N)c2c(C)c(C(=O)NCCc3noc(=O)[nH]3)sc2n1. The number of aromatic nitrogens is 4. The van der Waals surface area contributed by atoms with Gasteiger partial charge in [-0.15, -0.1) is 11.3 Å². The Bertz CT molecular complexity index is 941. The van der Waals surface area contributed by atoms with Crippen molar-refractivity contribution in [3.63, 3.8) is 0 Å². The Morgan fingerprint density at radius 2 is 2.17 bits per heavy atom. The highest BCUT2D eigenvalue weighted by Gasteiger charge is 2.18. The van der Waals surface area contributed by atoms with E-state index < -0.39 is 5.76 Å². The quantitative estimate of drug-likeness (QED) is 0.632. The first-order chi connectivity index (χ1) is 11.0. The van der Waals surface area contributed by atoms with E-state index >= 15 is 0 Å². The van der Waals surface area contributed by atoms with Gasteiger partial charge in [0.2, 0.25) is 0 Å². The van der Waals surface area contributed by atoms with Crippen LogP contribution in [0, 0.1) is 13.8 Å². The van der Waals surface area contributed by atoms with Crippen molar-refractivity contribution in [1.82, 2.24) is 25.4 Å². The Hall–Kier alpha value is -2.75. The van der Waals surface area contributed by atoms with E-state index in [9.17, 15) is 9.59 Å². The molecule has 3 heterocycles. The maximum Gasteiger partial charge on any atom is 0.438 e. The van der Waals surface area contributed by atoms with Gasteiger partial charge in [0, 0.05) is 13.0 Å². The van der Waals surface area contributed by atoms with Crippen LogP contribution in [-0.2, 0) is 6.42 Å². The second-order valence-electron chi connectivity index (χ2n) is 4.94. The van der Waals surface area contributed by atoms with Gasteiger partial charge in [-0.05, 0) is 19.4 Å². The van der Waals surface area contributed by atoms with E-state index in [2.05, 4.69) is 29.9 Å². The number of thiophene rings is 1. The molecule has 3 rings (SSSR count). The van der Waals surface area contributed by atoms with Crippen LogP contribution in [-0.4, -0.2) is 32.6 Å². The van der Waals surface area contributed by atoms with Gasteiger partial charge in [-0.3, -0.25) is 14.3 Å². The molecule has 0 radical (unpaired) electrons. The molecule has 0 aromatic carbocycles. The molecule has 0 aliphatic heterocycles. The van der Waals surface area contributed by atoms with Crippen LogP contribution in [0.25, 0.3) is 10.2 Å². The Kier molecular flexibility index (Phi) is 3.82. The molecule has 0 spiro atoms. The Labute approximate surface area is 133 Å². The molecule has 0 aliphatic rings. The standard InChI is InChI=1S/C13H14N6O3S/c1-5-8-10(14)16-6(2)17-12(8)23-9(5)11(20)15-4-3-7-18-13(21)22-19-7/h3-4H2,1-2H3,(H,15,20)(H2,14,16,17)(H,18,19,21). The number of H-pyrrole nitrogens is 1. The fourth-order valence-electron chi connectivity index (χ4n) is 2.24. The summed E-state index contributed by atoms with van der Waals surface area (Å²) in [6.07, 6.45) is 0.364. The lowest BCUT2D eigenvalue weighted by Crippen LogP contribution is -2.25. The van der Waals surface area contributed by atoms with Crippen LogP contribution in [0.15, 0.2) is 9.32 Å². The Balaban J connectivity index is 1.77. The van der Waals surface area contributed by atoms with Crippen molar-refractivity contribution >= 4 is 33.3 Å². The van der Waals surface area contributed by atoms with Crippen LogP contribution in [0.2, 0.25) is 0 Å². The molecule has 3 aromatic heterocycles. The molecule has 0 unspecified atom stereocenters. The molecule has 10 heteroatoms. The molecule has 3 aromatic rings. The fraction of sp³-hybridized carbons (Fsp3) is 0.308. The molecule has 0 bridgehead atoms. The third kappa shape index (κ3) is 2.93. The van der Waals surface area contributed by atoms with E-state index in [1.807, 2.05) is 6.92 Å². The summed E-state index contributed by atoms with van der Waals surface area (Å²) in [6, 6.07) is 0. The molecular formula is C13H14N6O3S. The molecule has 0 saturated carbocycles. The van der Waals surface area contributed by atoms with Gasteiger partial charge in [0.1, 0.15) is 16.5 Å². The predicted octanol–water partition coefficient (Wildman–Crippen LogP) is 0.539. The zero-order chi connectivity index (χ0) is 16.6. The molecule has 9 nitrogen and oxygen atoms in total. The van der Waals surface area contributed by atoms with Crippen molar-refractivity contribution in [1.29, 1.82) is 0 Å². The topological polar surface area (TPSA) is 140 Å². The number of aromatic amines is 1. The minimum absolute atomic E-state index is 0.228. The van der Waals surface area contributed by atoms with E-state index in [0.29, 0.717) is 45.5 Å². The van der Waals surface area contributed by atoms with Gasteiger partial charge in [0.25, 0.3) is 5.91 Å². The van der Waals surface area contributed by atoms with Gasteiger partial charge in [0.05, 0.1) is 10.3 Å². The summed E-state index contributed by atoms with van der Waals surface area (Å²) in [5.74, 6) is 0.484. The zero-order valence-electron chi connectivity index (χ0n) is 12.5. The van der Waals surface area contributed by atoms with Crippen molar-refractivity contribution in [2.24, 2.45) is 0 Å². The lowest BCUT2D eigenvalue weighted by molar-refractivity contribution is 0.0957. The summed E-state index contributed by atoms with van der Waals surface area (Å²) in [5.41, 5.74) is 6.68. The van der Waals surface area contributed by atoms with E-state index in [4.69, 9.17) is 5.73 Å². The second kappa shape index (κ2) is 5.80. The lowest BCUT2D eigenvalue weighted by atomic mass is 10.2. The van der Waals surface area contributed by atoms with E-state index in [1.165, 1.54) is 11.3 Å². The van der Waals surface area contributed by atoms with Crippen LogP contribution >= 0.6 is 11.3 Å². The van der Waals surface area contributed by atoms with Gasteiger partial charge in [-0.2, -0.15) is 0 Å². The smallest absolute Gasteiger partial charge is 0.383 e. The number of aryl methyl sites for hydroxylation is 2. The van der Waals surface area contributed by atoms with Crippen molar-refractivity contribution in [3.8, 4) is 0 Å². The minimum atomic E-state index is -0.615. The molecule has 1 amide bonds. The van der Waals surface area contributed by atoms with Crippen LogP contribution < -0.4 is 16.8 Å². The molecule has 0 aliphatic carbocycles. The lowest BCUT2D eigenvalue weighted by Gasteiger charge is -2.02. The van der Waals surface area contributed by atoms with Crippen LogP contribution in [0.1, 0.15) is 26.9 Å². The number of amides is 1. The fourth-order valence-corrected chi connectivity index (χ4v) is 3.39. The number of carbonyl (C=O) groups excluding carboxylic acids is 1. The number of nitrogen functional groups attached to an aromatic ring is 1. The number of anilines is 1. The van der Waals surface area contributed by atoms with Gasteiger partial charge < -0.3 is 11.1 Å². The first-order valence-corrected chi connectivity index (χ1v) is 7.63.